The van der Waals surface area contributed by atoms with E-state index in [1.54, 1.807) is 34.6 Å². The van der Waals surface area contributed by atoms with E-state index in [1.165, 1.54) is 7.11 Å². The van der Waals surface area contributed by atoms with E-state index < -0.39 is 57.6 Å². The summed E-state index contributed by atoms with van der Waals surface area (Å²) in [4.78, 5) is 11.8. The molecule has 0 radical (unpaired) electrons. The maximum Gasteiger partial charge on any atom is 0.389 e. The van der Waals surface area contributed by atoms with Crippen molar-refractivity contribution in [3.63, 3.8) is 0 Å². The van der Waals surface area contributed by atoms with Gasteiger partial charge in [0.1, 0.15) is 0 Å². The summed E-state index contributed by atoms with van der Waals surface area (Å²) in [6.07, 6.45) is 13.2. The Morgan fingerprint density at radius 1 is 0.429 bits per heavy atom. The molecule has 0 amide bonds. The molecule has 0 saturated carbocycles. The molecule has 0 aromatic rings. The van der Waals surface area contributed by atoms with Gasteiger partial charge in [-0.3, -0.25) is 22.9 Å². The van der Waals surface area contributed by atoms with Gasteiger partial charge >= 0.3 is 33.2 Å². The summed E-state index contributed by atoms with van der Waals surface area (Å²) in [5.74, 6) is 0.917. The van der Waals surface area contributed by atoms with Gasteiger partial charge < -0.3 is 22.8 Å². The van der Waals surface area contributed by atoms with Gasteiger partial charge in [-0.1, -0.05) is 132 Å². The molecule has 0 rings (SSSR count). The molecule has 0 saturated heterocycles. The van der Waals surface area contributed by atoms with Crippen LogP contribution in [0, 0.1) is 23.7 Å². The molecule has 0 spiro atoms. The van der Waals surface area contributed by atoms with Gasteiger partial charge in [-0.25, -0.2) is 18.3 Å². The van der Waals surface area contributed by atoms with Crippen LogP contribution in [0.25, 0.3) is 0 Å². The lowest BCUT2D eigenvalue weighted by Crippen LogP contribution is -2.18. The van der Waals surface area contributed by atoms with Gasteiger partial charge in [-0.15, -0.1) is 0 Å². The SMILES string of the molecule is CCCCC(CC)COP(=O)(OCC(CC)CCCC)SCC(C)OP(=O)(OC(C)CSP(=O)(OCC(CC)CCCC)OCC(CC)CCCC)SCC(C)OP(=O)(OC(C)C)SCCC(=O)OC. The number of carbonyl (C=O) groups excluding carboxylic acids is 1. The third-order valence-electron chi connectivity index (χ3n) is 11.5. The molecule has 0 bridgehead atoms. The molecule has 420 valence electrons. The Morgan fingerprint density at radius 2 is 0.714 bits per heavy atom. The highest BCUT2D eigenvalue weighted by molar-refractivity contribution is 8.56. The fraction of sp³-hybridized carbons (Fsp3) is 0.979. The summed E-state index contributed by atoms with van der Waals surface area (Å²) in [5, 5.41) is 0. The fourth-order valence-corrected chi connectivity index (χ4v) is 22.0. The summed E-state index contributed by atoms with van der Waals surface area (Å²) in [6.45, 7) is 11.7. The number of unbranched alkanes of at least 4 members (excludes halogenated alkanes) is 4. The van der Waals surface area contributed by atoms with Gasteiger partial charge in [-0.2, -0.15) is 0 Å². The third-order valence-corrected chi connectivity index (χ3v) is 27.4. The van der Waals surface area contributed by atoms with E-state index in [2.05, 4.69) is 55.4 Å². The van der Waals surface area contributed by atoms with Crippen LogP contribution in [-0.4, -0.2) is 86.9 Å². The Hall–Kier alpha value is 1.47. The quantitative estimate of drug-likeness (QED) is 0.0416. The van der Waals surface area contributed by atoms with Crippen LogP contribution in [0.4, 0.5) is 0 Å². The van der Waals surface area contributed by atoms with Crippen molar-refractivity contribution in [2.24, 2.45) is 23.7 Å². The molecule has 0 fully saturated rings. The molecule has 8 unspecified atom stereocenters. The fourth-order valence-electron chi connectivity index (χ4n) is 6.72. The van der Waals surface area contributed by atoms with Crippen molar-refractivity contribution in [3.05, 3.63) is 0 Å². The van der Waals surface area contributed by atoms with Crippen LogP contribution in [0.3, 0.4) is 0 Å². The Labute approximate surface area is 443 Å². The topological polar surface area (TPSA) is 168 Å². The molecule has 14 nitrogen and oxygen atoms in total. The van der Waals surface area contributed by atoms with Crippen LogP contribution in [0.2, 0.25) is 0 Å². The second kappa shape index (κ2) is 41.6. The Balaban J connectivity index is 6.66. The molecule has 0 aliphatic heterocycles. The average molecular weight is 1150 g/mol. The number of methoxy groups -OCH3 is 1. The lowest BCUT2D eigenvalue weighted by Gasteiger charge is -2.28. The molecular formula is C48H100O14P4S4. The number of hydrogen-bond acceptors (Lipinski definition) is 18. The van der Waals surface area contributed by atoms with Crippen molar-refractivity contribution in [3.8, 4) is 0 Å². The highest BCUT2D eigenvalue weighted by atomic mass is 32.7. The van der Waals surface area contributed by atoms with Crippen molar-refractivity contribution < 1.29 is 64.0 Å². The van der Waals surface area contributed by atoms with Gasteiger partial charge in [-0.05, 0) is 130 Å². The summed E-state index contributed by atoms with van der Waals surface area (Å²) in [5.41, 5.74) is 0. The first kappa shape index (κ1) is 71.5. The largest absolute Gasteiger partial charge is 0.469 e. The Morgan fingerprint density at radius 3 is 0.971 bits per heavy atom. The van der Waals surface area contributed by atoms with Crippen molar-refractivity contribution in [2.45, 2.75) is 224 Å². The summed E-state index contributed by atoms with van der Waals surface area (Å²) in [6, 6.07) is 0. The number of rotatable bonds is 49. The second-order valence-corrected chi connectivity index (χ2v) is 34.9. The van der Waals surface area contributed by atoms with Crippen LogP contribution in [0.5, 0.6) is 0 Å². The minimum absolute atomic E-state index is 0.0139. The van der Waals surface area contributed by atoms with E-state index in [0.717, 1.165) is 148 Å². The maximum absolute atomic E-state index is 15.1. The molecule has 22 heteroatoms. The van der Waals surface area contributed by atoms with Gasteiger partial charge in [0.05, 0.1) is 64.4 Å². The molecule has 8 atom stereocenters. The van der Waals surface area contributed by atoms with Gasteiger partial charge in [0.25, 0.3) is 0 Å². The van der Waals surface area contributed by atoms with E-state index in [0.29, 0.717) is 26.4 Å². The lowest BCUT2D eigenvalue weighted by molar-refractivity contribution is -0.140. The molecule has 0 aliphatic rings. The van der Waals surface area contributed by atoms with Gasteiger partial charge in [0.2, 0.25) is 0 Å². The molecular weight excluding hydrogens is 1050 g/mol. The lowest BCUT2D eigenvalue weighted by atomic mass is 10.0. The van der Waals surface area contributed by atoms with Crippen LogP contribution < -0.4 is 0 Å². The first-order chi connectivity index (χ1) is 33.1. The highest BCUT2D eigenvalue weighted by Gasteiger charge is 2.38. The normalized spacial score (nSPS) is 18.7. The van der Waals surface area contributed by atoms with Gasteiger partial charge in [0, 0.05) is 23.0 Å². The number of carbonyl (C=O) groups is 1. The average Bonchev–Trinajstić information content (AvgIpc) is 3.32. The van der Waals surface area contributed by atoms with E-state index in [1.807, 2.05) is 0 Å². The smallest absolute Gasteiger partial charge is 0.389 e. The van der Waals surface area contributed by atoms with Crippen molar-refractivity contribution in [2.75, 3.05) is 56.5 Å². The molecule has 0 heterocycles. The van der Waals surface area contributed by atoms with Crippen molar-refractivity contribution in [1.29, 1.82) is 0 Å². The molecule has 0 N–H and O–H groups in total. The standard InChI is InChI=1S/C48H100O14P4S4/c1-15-23-27-44(19-5)33-55-63(50,56-34-45(20-6)28-24-16-2)68-37-41(11)61-66(53,70-39-43(13)60-65(52,59-40(9)10)67-32-31-48(49)54-14)62-42(12)38-69-64(51,57-35-46(21-7)29-25-17-3)58-36-47(22-8)30-26-18-4/h40-47H,15-39H2,1-14H3. The van der Waals surface area contributed by atoms with E-state index >= 15 is 4.57 Å². The Kier molecular flexibility index (Phi) is 42.4. The predicted molar refractivity (Wildman–Crippen MR) is 302 cm³/mol. The zero-order valence-electron chi connectivity index (χ0n) is 45.9. The summed E-state index contributed by atoms with van der Waals surface area (Å²) >= 11 is 3.89. The van der Waals surface area contributed by atoms with Crippen LogP contribution >= 0.6 is 72.7 Å². The van der Waals surface area contributed by atoms with Crippen molar-refractivity contribution >= 4 is 78.7 Å². The van der Waals surface area contributed by atoms with E-state index in [9.17, 15) is 18.5 Å². The highest BCUT2D eigenvalue weighted by Crippen LogP contribution is 2.68. The van der Waals surface area contributed by atoms with E-state index in [4.69, 9.17) is 40.9 Å². The Bertz CT molecular complexity index is 1400. The summed E-state index contributed by atoms with van der Waals surface area (Å²) < 4.78 is 112. The van der Waals surface area contributed by atoms with Gasteiger partial charge in [0.15, 0.2) is 0 Å². The number of ether oxygens (including phenoxy) is 1. The molecule has 0 aliphatic carbocycles. The zero-order chi connectivity index (χ0) is 53.1. The first-order valence-corrected chi connectivity index (χ1v) is 39.0. The monoisotopic (exact) mass is 1150 g/mol. The predicted octanol–water partition coefficient (Wildman–Crippen LogP) is 18.5. The first-order valence-electron chi connectivity index (χ1n) is 26.5. The zero-order valence-corrected chi connectivity index (χ0v) is 52.8. The number of esters is 1. The van der Waals surface area contributed by atoms with E-state index in [-0.39, 0.29) is 53.1 Å². The molecule has 0 aromatic carbocycles. The van der Waals surface area contributed by atoms with Crippen LogP contribution in [0.15, 0.2) is 0 Å². The molecule has 70 heavy (non-hydrogen) atoms. The van der Waals surface area contributed by atoms with Crippen LogP contribution in [0.1, 0.15) is 199 Å². The second-order valence-electron chi connectivity index (χ2n) is 18.6. The molecule has 0 aromatic heterocycles. The van der Waals surface area contributed by atoms with Crippen molar-refractivity contribution in [1.82, 2.24) is 0 Å². The number of hydrogen-bond donors (Lipinski definition) is 0. The maximum atomic E-state index is 15.1. The minimum Gasteiger partial charge on any atom is -0.469 e. The minimum atomic E-state index is -4.11. The summed E-state index contributed by atoms with van der Waals surface area (Å²) in [7, 11) is 1.29. The third kappa shape index (κ3) is 35.0. The van der Waals surface area contributed by atoms with Crippen LogP contribution in [-0.2, 0) is 64.0 Å².